The van der Waals surface area contributed by atoms with Gasteiger partial charge in [-0.05, 0) is 45.0 Å². The third-order valence-corrected chi connectivity index (χ3v) is 5.64. The zero-order valence-electron chi connectivity index (χ0n) is 19.8. The molecule has 0 atom stereocenters. The van der Waals surface area contributed by atoms with Crippen molar-refractivity contribution in [2.75, 3.05) is 20.3 Å². The van der Waals surface area contributed by atoms with E-state index in [1.54, 1.807) is 36.5 Å². The minimum atomic E-state index is -0.203. The predicted molar refractivity (Wildman–Crippen MR) is 129 cm³/mol. The topological polar surface area (TPSA) is 106 Å². The van der Waals surface area contributed by atoms with Crippen LogP contribution in [0.1, 0.15) is 34.2 Å². The molecule has 3 aromatic heterocycles. The number of ether oxygens (including phenoxy) is 1. The number of carbonyl (C=O) groups is 1. The molecule has 0 saturated heterocycles. The molecule has 1 aromatic carbocycles. The lowest BCUT2D eigenvalue weighted by Crippen LogP contribution is -2.28. The fraction of sp³-hybridized carbons (Fsp3) is 0.320. The Bertz CT molecular complexity index is 1320. The molecule has 0 aliphatic carbocycles. The highest BCUT2D eigenvalue weighted by Crippen LogP contribution is 2.24. The van der Waals surface area contributed by atoms with Crippen molar-refractivity contribution in [1.29, 1.82) is 0 Å². The number of fused-ring (bicyclic) bond motifs is 1. The maximum Gasteiger partial charge on any atom is 0.273 e. The van der Waals surface area contributed by atoms with Crippen molar-refractivity contribution < 1.29 is 14.6 Å². The highest BCUT2D eigenvalue weighted by molar-refractivity contribution is 6.04. The molecular formula is C25H28N6O3. The number of rotatable bonds is 8. The molecule has 0 radical (unpaired) electrons. The summed E-state index contributed by atoms with van der Waals surface area (Å²) in [5.41, 5.74) is 4.57. The molecule has 0 saturated carbocycles. The van der Waals surface area contributed by atoms with Gasteiger partial charge in [-0.25, -0.2) is 15.0 Å². The van der Waals surface area contributed by atoms with Crippen LogP contribution in [-0.2, 0) is 13.1 Å². The van der Waals surface area contributed by atoms with Crippen LogP contribution in [0.15, 0.2) is 42.7 Å². The van der Waals surface area contributed by atoms with E-state index in [0.29, 0.717) is 40.4 Å². The number of aliphatic hydroxyl groups excluding tert-OH is 1. The Morgan fingerprint density at radius 2 is 1.97 bits per heavy atom. The first-order chi connectivity index (χ1) is 16.4. The van der Waals surface area contributed by atoms with E-state index in [1.807, 2.05) is 43.7 Å². The number of hydrogen-bond acceptors (Lipinski definition) is 7. The van der Waals surface area contributed by atoms with Gasteiger partial charge in [-0.2, -0.15) is 5.10 Å². The van der Waals surface area contributed by atoms with Gasteiger partial charge in [-0.15, -0.1) is 0 Å². The van der Waals surface area contributed by atoms with E-state index < -0.39 is 0 Å². The van der Waals surface area contributed by atoms with Gasteiger partial charge in [0.2, 0.25) is 0 Å². The molecule has 176 valence electrons. The lowest BCUT2D eigenvalue weighted by molar-refractivity contribution is 0.0781. The van der Waals surface area contributed by atoms with E-state index in [1.165, 1.54) is 0 Å². The van der Waals surface area contributed by atoms with E-state index >= 15 is 0 Å². The molecule has 0 aliphatic heterocycles. The SMILES string of the molecule is CCn1ncc(CN(C)C(=O)c2nc(-c3ccc(OCCO)cn3)nc3ccc(C)cc23)c1C. The fourth-order valence-corrected chi connectivity index (χ4v) is 3.75. The summed E-state index contributed by atoms with van der Waals surface area (Å²) < 4.78 is 7.29. The second-order valence-electron chi connectivity index (χ2n) is 8.10. The summed E-state index contributed by atoms with van der Waals surface area (Å²) in [6.45, 7) is 7.33. The molecule has 0 unspecified atom stereocenters. The smallest absolute Gasteiger partial charge is 0.273 e. The van der Waals surface area contributed by atoms with Gasteiger partial charge in [0.15, 0.2) is 5.82 Å². The molecule has 1 amide bonds. The number of aliphatic hydroxyl groups is 1. The average molecular weight is 461 g/mol. The highest BCUT2D eigenvalue weighted by Gasteiger charge is 2.21. The van der Waals surface area contributed by atoms with Crippen LogP contribution < -0.4 is 4.74 Å². The molecule has 9 heteroatoms. The Morgan fingerprint density at radius 3 is 2.65 bits per heavy atom. The van der Waals surface area contributed by atoms with Gasteiger partial charge in [0.05, 0.1) is 24.5 Å². The summed E-state index contributed by atoms with van der Waals surface area (Å²) in [5.74, 6) is 0.691. The Balaban J connectivity index is 1.70. The number of carbonyl (C=O) groups excluding carboxylic acids is 1. The zero-order chi connectivity index (χ0) is 24.2. The van der Waals surface area contributed by atoms with Gasteiger partial charge in [-0.3, -0.25) is 9.48 Å². The minimum absolute atomic E-state index is 0.0767. The number of hydrogen-bond donors (Lipinski definition) is 1. The van der Waals surface area contributed by atoms with Crippen molar-refractivity contribution in [1.82, 2.24) is 29.6 Å². The second-order valence-corrected chi connectivity index (χ2v) is 8.10. The van der Waals surface area contributed by atoms with Gasteiger partial charge in [-0.1, -0.05) is 11.6 Å². The lowest BCUT2D eigenvalue weighted by atomic mass is 10.1. The van der Waals surface area contributed by atoms with Crippen molar-refractivity contribution in [3.63, 3.8) is 0 Å². The first kappa shape index (κ1) is 23.3. The Hall–Kier alpha value is -3.85. The van der Waals surface area contributed by atoms with Gasteiger partial charge in [0.1, 0.15) is 23.7 Å². The molecular weight excluding hydrogens is 432 g/mol. The average Bonchev–Trinajstić information content (AvgIpc) is 3.20. The first-order valence-electron chi connectivity index (χ1n) is 11.2. The Labute approximate surface area is 198 Å². The maximum absolute atomic E-state index is 13.6. The minimum Gasteiger partial charge on any atom is -0.490 e. The van der Waals surface area contributed by atoms with Crippen LogP contribution in [0.2, 0.25) is 0 Å². The summed E-state index contributed by atoms with van der Waals surface area (Å²) in [6, 6.07) is 9.25. The lowest BCUT2D eigenvalue weighted by Gasteiger charge is -2.18. The summed E-state index contributed by atoms with van der Waals surface area (Å²) in [6.07, 6.45) is 3.36. The molecule has 3 heterocycles. The number of benzene rings is 1. The molecule has 34 heavy (non-hydrogen) atoms. The Morgan fingerprint density at radius 1 is 1.15 bits per heavy atom. The third kappa shape index (κ3) is 4.74. The zero-order valence-corrected chi connectivity index (χ0v) is 19.8. The van der Waals surface area contributed by atoms with E-state index in [2.05, 4.69) is 20.1 Å². The van der Waals surface area contributed by atoms with Gasteiger partial charge in [0, 0.05) is 36.8 Å². The maximum atomic E-state index is 13.6. The van der Waals surface area contributed by atoms with Gasteiger partial charge < -0.3 is 14.7 Å². The number of aryl methyl sites for hydroxylation is 2. The molecule has 0 spiro atoms. The molecule has 4 rings (SSSR count). The van der Waals surface area contributed by atoms with Crippen LogP contribution in [0.25, 0.3) is 22.4 Å². The fourth-order valence-electron chi connectivity index (χ4n) is 3.75. The number of aromatic nitrogens is 5. The van der Waals surface area contributed by atoms with Gasteiger partial charge in [0.25, 0.3) is 5.91 Å². The van der Waals surface area contributed by atoms with Crippen LogP contribution in [0.3, 0.4) is 0 Å². The summed E-state index contributed by atoms with van der Waals surface area (Å²) in [7, 11) is 1.76. The van der Waals surface area contributed by atoms with Crippen molar-refractivity contribution in [2.45, 2.75) is 33.9 Å². The van der Waals surface area contributed by atoms with Crippen molar-refractivity contribution in [3.05, 3.63) is 65.2 Å². The van der Waals surface area contributed by atoms with Crippen LogP contribution in [0.5, 0.6) is 5.75 Å². The van der Waals surface area contributed by atoms with Crippen LogP contribution in [0.4, 0.5) is 0 Å². The molecule has 0 fully saturated rings. The van der Waals surface area contributed by atoms with Gasteiger partial charge >= 0.3 is 0 Å². The van der Waals surface area contributed by atoms with Crippen molar-refractivity contribution in [3.8, 4) is 17.3 Å². The highest BCUT2D eigenvalue weighted by atomic mass is 16.5. The van der Waals surface area contributed by atoms with E-state index in [0.717, 1.165) is 23.4 Å². The number of pyridine rings is 1. The summed E-state index contributed by atoms with van der Waals surface area (Å²) >= 11 is 0. The molecule has 4 aromatic rings. The normalized spacial score (nSPS) is 11.1. The number of amides is 1. The van der Waals surface area contributed by atoms with Crippen LogP contribution in [-0.4, -0.2) is 60.9 Å². The quantitative estimate of drug-likeness (QED) is 0.430. The number of nitrogens with zero attached hydrogens (tertiary/aromatic N) is 6. The molecule has 9 nitrogen and oxygen atoms in total. The van der Waals surface area contributed by atoms with Crippen molar-refractivity contribution >= 4 is 16.8 Å². The van der Waals surface area contributed by atoms with E-state index in [-0.39, 0.29) is 19.1 Å². The second kappa shape index (κ2) is 9.96. The monoisotopic (exact) mass is 460 g/mol. The molecule has 0 bridgehead atoms. The van der Waals surface area contributed by atoms with Crippen LogP contribution >= 0.6 is 0 Å². The predicted octanol–water partition coefficient (Wildman–Crippen LogP) is 3.17. The summed E-state index contributed by atoms with van der Waals surface area (Å²) in [5, 5.41) is 14.0. The standard InChI is InChI=1S/C25H28N6O3/c1-5-31-17(3)18(13-27-31)15-30(4)25(33)23-20-12-16(2)6-8-21(20)28-24(29-23)22-9-7-19(14-26-22)34-11-10-32/h6-9,12-14,32H,5,10-11,15H2,1-4H3. The van der Waals surface area contributed by atoms with E-state index in [9.17, 15) is 4.79 Å². The van der Waals surface area contributed by atoms with Crippen LogP contribution in [0, 0.1) is 13.8 Å². The largest absolute Gasteiger partial charge is 0.490 e. The van der Waals surface area contributed by atoms with E-state index in [4.69, 9.17) is 9.84 Å². The van der Waals surface area contributed by atoms with Crippen molar-refractivity contribution in [2.24, 2.45) is 0 Å². The molecule has 1 N–H and O–H groups in total. The first-order valence-corrected chi connectivity index (χ1v) is 11.2. The Kier molecular flexibility index (Phi) is 6.83. The third-order valence-electron chi connectivity index (χ3n) is 5.64. The molecule has 0 aliphatic rings. The summed E-state index contributed by atoms with van der Waals surface area (Å²) in [4.78, 5) is 28.9.